The summed E-state index contributed by atoms with van der Waals surface area (Å²) in [5, 5.41) is 1.80. The van der Waals surface area contributed by atoms with Crippen LogP contribution in [-0.2, 0) is 0 Å². The van der Waals surface area contributed by atoms with Gasteiger partial charge in [0.2, 0.25) is 0 Å². The zero-order valence-corrected chi connectivity index (χ0v) is 14.8. The monoisotopic (exact) mass is 379 g/mol. The Labute approximate surface area is 173 Å². The van der Waals surface area contributed by atoms with Gasteiger partial charge in [0.1, 0.15) is 0 Å². The average molecular weight is 380 g/mol. The second-order valence-electron chi connectivity index (χ2n) is 5.64. The third-order valence-corrected chi connectivity index (χ3v) is 5.57. The highest BCUT2D eigenvalue weighted by molar-refractivity contribution is 7.26. The minimum atomic E-state index is -0.605. The van der Waals surface area contributed by atoms with E-state index in [1.165, 1.54) is 11.3 Å². The van der Waals surface area contributed by atoms with Crippen molar-refractivity contribution >= 4 is 43.1 Å². The maximum absolute atomic E-state index is 9.01. The van der Waals surface area contributed by atoms with Crippen LogP contribution in [0.5, 0.6) is 0 Å². The van der Waals surface area contributed by atoms with Crippen molar-refractivity contribution in [2.24, 2.45) is 0 Å². The predicted molar refractivity (Wildman–Crippen MR) is 115 cm³/mol. The first kappa shape index (κ1) is 8.85. The Balaban J connectivity index is 1.99. The van der Waals surface area contributed by atoms with Crippen molar-refractivity contribution in [2.45, 2.75) is 0 Å². The second-order valence-corrected chi connectivity index (χ2v) is 7.13. The molecule has 4 aromatic carbocycles. The third-order valence-electron chi connectivity index (χ3n) is 4.12. The van der Waals surface area contributed by atoms with E-state index in [4.69, 9.17) is 23.9 Å². The van der Waals surface area contributed by atoms with Crippen molar-refractivity contribution in [3.8, 4) is 22.3 Å². The molecule has 2 heteroatoms. The van der Waals surface area contributed by atoms with E-state index in [9.17, 15) is 0 Å². The lowest BCUT2D eigenvalue weighted by molar-refractivity contribution is 1.61. The summed E-state index contributed by atoms with van der Waals surface area (Å²) in [5.74, 6) is 0. The Morgan fingerprint density at radius 2 is 1.50 bits per heavy atom. The number of hydrogen-bond donors (Lipinski definition) is 0. The summed E-state index contributed by atoms with van der Waals surface area (Å²) in [6.07, 6.45) is 0. The normalized spacial score (nSPS) is 16.1. The van der Waals surface area contributed by atoms with Crippen LogP contribution >= 0.6 is 22.9 Å². The van der Waals surface area contributed by atoms with E-state index in [-0.39, 0.29) is 33.8 Å². The highest BCUT2D eigenvalue weighted by Crippen LogP contribution is 2.43. The molecule has 1 heterocycles. The molecule has 0 aliphatic carbocycles. The van der Waals surface area contributed by atoms with Crippen LogP contribution in [0, 0.1) is 0 Å². The van der Waals surface area contributed by atoms with E-state index < -0.39 is 42.3 Å². The molecule has 0 fully saturated rings. The number of fused-ring (bicyclic) bond motifs is 3. The second kappa shape index (κ2) is 6.28. The van der Waals surface area contributed by atoms with Crippen LogP contribution in [0.3, 0.4) is 0 Å². The van der Waals surface area contributed by atoms with E-state index in [1.54, 1.807) is 6.07 Å². The van der Waals surface area contributed by atoms with Crippen LogP contribution in [-0.4, -0.2) is 0 Å². The average Bonchev–Trinajstić information content (AvgIpc) is 3.22. The lowest BCUT2D eigenvalue weighted by Gasteiger charge is -2.10. The smallest absolute Gasteiger partial charge is 0.0636 e. The maximum Gasteiger partial charge on any atom is 0.0636 e. The summed E-state index contributed by atoms with van der Waals surface area (Å²) >= 11 is 8.15. The molecule has 0 atom stereocenters. The molecule has 0 amide bonds. The fourth-order valence-electron chi connectivity index (χ4n) is 3.00. The Kier molecular flexibility index (Phi) is 2.14. The van der Waals surface area contributed by atoms with Gasteiger partial charge in [0.15, 0.2) is 0 Å². The standard InChI is InChI=1S/C24H15ClS/c25-20-13-14-22-24(19-11-4-5-12-21(19)26-22)23(20)18-10-6-9-17(15-18)16-7-2-1-3-8-16/h1-15H/i1D,2D,3D,6D,7D,8D,9D,10D,15D. The number of thiophene rings is 1. The van der Waals surface area contributed by atoms with E-state index in [0.29, 0.717) is 10.9 Å². The summed E-state index contributed by atoms with van der Waals surface area (Å²) in [4.78, 5) is 0. The van der Waals surface area contributed by atoms with Crippen LogP contribution in [0.15, 0.2) is 90.8 Å². The summed E-state index contributed by atoms with van der Waals surface area (Å²) in [5.41, 5.74) is -0.324. The first-order valence-electron chi connectivity index (χ1n) is 12.3. The van der Waals surface area contributed by atoms with Gasteiger partial charge in [-0.15, -0.1) is 11.3 Å². The Morgan fingerprint density at radius 1 is 0.731 bits per heavy atom. The quantitative estimate of drug-likeness (QED) is 0.291. The molecule has 0 bridgehead atoms. The molecule has 0 nitrogen and oxygen atoms in total. The lowest BCUT2D eigenvalue weighted by atomic mass is 9.96. The first-order valence-corrected chi connectivity index (χ1v) is 9.03. The molecule has 0 unspecified atom stereocenters. The van der Waals surface area contributed by atoms with Gasteiger partial charge in [0.25, 0.3) is 0 Å². The lowest BCUT2D eigenvalue weighted by Crippen LogP contribution is -1.84. The predicted octanol–water partition coefficient (Wildman–Crippen LogP) is 8.04. The summed E-state index contributed by atoms with van der Waals surface area (Å²) < 4.78 is 77.0. The van der Waals surface area contributed by atoms with Crippen LogP contribution in [0.2, 0.25) is 5.02 Å². The number of benzene rings is 4. The maximum atomic E-state index is 9.01. The van der Waals surface area contributed by atoms with Crippen molar-refractivity contribution in [3.05, 3.63) is 95.8 Å². The minimum Gasteiger partial charge on any atom is -0.135 e. The molecule has 5 rings (SSSR count). The zero-order chi connectivity index (χ0) is 25.3. The summed E-state index contributed by atoms with van der Waals surface area (Å²) in [7, 11) is 0. The number of halogens is 1. The molecule has 0 aliphatic heterocycles. The molecule has 26 heavy (non-hydrogen) atoms. The Bertz CT molecular complexity index is 1680. The molecule has 1 aromatic heterocycles. The molecule has 0 N–H and O–H groups in total. The SMILES string of the molecule is [2H]c1c([2H])c([2H])c(-c2c([2H])c([2H])c([2H])c(-c3c(Cl)ccc4sc5ccccc5c34)c2[2H])c([2H])c1[2H]. The molecule has 0 spiro atoms. The van der Waals surface area contributed by atoms with E-state index in [1.807, 2.05) is 30.3 Å². The van der Waals surface area contributed by atoms with Gasteiger partial charge in [0, 0.05) is 30.8 Å². The van der Waals surface area contributed by atoms with Gasteiger partial charge in [-0.2, -0.15) is 0 Å². The highest BCUT2D eigenvalue weighted by atomic mass is 35.5. The third kappa shape index (κ3) is 2.52. The summed E-state index contributed by atoms with van der Waals surface area (Å²) in [6, 6.07) is 6.29. The topological polar surface area (TPSA) is 0 Å². The van der Waals surface area contributed by atoms with Gasteiger partial charge < -0.3 is 0 Å². The van der Waals surface area contributed by atoms with Crippen LogP contribution < -0.4 is 0 Å². The van der Waals surface area contributed by atoms with Gasteiger partial charge in [-0.3, -0.25) is 0 Å². The van der Waals surface area contributed by atoms with Gasteiger partial charge in [0.05, 0.1) is 12.3 Å². The van der Waals surface area contributed by atoms with Gasteiger partial charge >= 0.3 is 0 Å². The van der Waals surface area contributed by atoms with E-state index in [2.05, 4.69) is 0 Å². The largest absolute Gasteiger partial charge is 0.135 e. The van der Waals surface area contributed by atoms with Crippen molar-refractivity contribution in [1.29, 1.82) is 0 Å². The van der Waals surface area contributed by atoms with Crippen LogP contribution in [0.25, 0.3) is 42.4 Å². The Hall–Kier alpha value is -2.61. The molecular weight excluding hydrogens is 356 g/mol. The molecule has 0 saturated carbocycles. The van der Waals surface area contributed by atoms with Gasteiger partial charge in [-0.1, -0.05) is 78.1 Å². The number of hydrogen-bond acceptors (Lipinski definition) is 1. The van der Waals surface area contributed by atoms with Gasteiger partial charge in [-0.05, 0) is 40.9 Å². The Morgan fingerprint density at radius 3 is 2.38 bits per heavy atom. The van der Waals surface area contributed by atoms with Gasteiger partial charge in [-0.25, -0.2) is 0 Å². The molecule has 0 saturated heterocycles. The minimum absolute atomic E-state index is 0.0213. The van der Waals surface area contributed by atoms with E-state index in [0.717, 1.165) is 14.8 Å². The van der Waals surface area contributed by atoms with Crippen molar-refractivity contribution in [3.63, 3.8) is 0 Å². The van der Waals surface area contributed by atoms with Crippen molar-refractivity contribution in [2.75, 3.05) is 0 Å². The highest BCUT2D eigenvalue weighted by Gasteiger charge is 2.14. The van der Waals surface area contributed by atoms with Crippen LogP contribution in [0.1, 0.15) is 12.3 Å². The van der Waals surface area contributed by atoms with E-state index >= 15 is 0 Å². The van der Waals surface area contributed by atoms with Crippen molar-refractivity contribution < 1.29 is 12.3 Å². The molecule has 0 radical (unpaired) electrons. The zero-order valence-electron chi connectivity index (χ0n) is 22.3. The molecule has 124 valence electrons. The fraction of sp³-hybridized carbons (Fsp3) is 0. The number of rotatable bonds is 2. The van der Waals surface area contributed by atoms with Crippen molar-refractivity contribution in [1.82, 2.24) is 0 Å². The summed E-state index contributed by atoms with van der Waals surface area (Å²) in [6.45, 7) is 0. The fourth-order valence-corrected chi connectivity index (χ4v) is 4.37. The van der Waals surface area contributed by atoms with Crippen LogP contribution in [0.4, 0.5) is 0 Å². The molecule has 0 aliphatic rings. The molecule has 5 aromatic rings. The molecular formula is C24H15ClS. The first-order chi connectivity index (χ1) is 16.6.